The molecule has 308 valence electrons. The standard InChI is InChI=1S/C48H47FN4O7/c49-38-13-7-12-36(29-38)35-19-14-34(15-20-35)28-42-47(58)52-41(27-32-10-5-2-6-11-32)43(54)30-37(48(59)60)26-33-16-21-39(22-17-33)50-44(55)24-25-45(56)51-40(46(57)53-42)23-18-31-8-3-1-4-9-31/h1-17,19-22,29,37,40-42H,18,23-28,30H2,(H,50,55)(H,51,56)(H,52,58)(H,53,57)(H,59,60)/t37-,40-,41-,42+/m1/s1. The normalized spacial score (nSPS) is 19.6. The molecule has 0 spiro atoms. The predicted octanol–water partition coefficient (Wildman–Crippen LogP) is 6.00. The van der Waals surface area contributed by atoms with E-state index in [1.165, 1.54) is 12.1 Å². The molecule has 5 aromatic carbocycles. The van der Waals surface area contributed by atoms with Gasteiger partial charge in [0.1, 0.15) is 17.9 Å². The molecule has 4 amide bonds. The van der Waals surface area contributed by atoms with E-state index in [4.69, 9.17) is 0 Å². The number of hydrogen-bond acceptors (Lipinski definition) is 6. The summed E-state index contributed by atoms with van der Waals surface area (Å²) in [5.74, 6) is -5.53. The number of hydrogen-bond donors (Lipinski definition) is 5. The number of carbonyl (C=O) groups is 6. The first-order valence-electron chi connectivity index (χ1n) is 20.0. The fourth-order valence-electron chi connectivity index (χ4n) is 7.17. The lowest BCUT2D eigenvalue weighted by Gasteiger charge is -2.26. The summed E-state index contributed by atoms with van der Waals surface area (Å²) >= 11 is 0. The molecular formula is C48H47FN4O7. The van der Waals surface area contributed by atoms with Crippen molar-refractivity contribution in [2.24, 2.45) is 5.92 Å². The predicted molar refractivity (Wildman–Crippen MR) is 225 cm³/mol. The number of rotatable bonds is 9. The number of halogens is 1. The molecule has 0 radical (unpaired) electrons. The summed E-state index contributed by atoms with van der Waals surface area (Å²) in [7, 11) is 0. The number of anilines is 1. The van der Waals surface area contributed by atoms with Crippen molar-refractivity contribution in [2.45, 2.75) is 69.5 Å². The van der Waals surface area contributed by atoms with Crippen LogP contribution in [0.5, 0.6) is 0 Å². The molecule has 2 heterocycles. The van der Waals surface area contributed by atoms with Gasteiger partial charge in [0.15, 0.2) is 5.78 Å². The minimum Gasteiger partial charge on any atom is -0.481 e. The first kappa shape index (κ1) is 42.7. The lowest BCUT2D eigenvalue weighted by molar-refractivity contribution is -0.144. The fraction of sp³-hybridized carbons (Fsp3) is 0.250. The van der Waals surface area contributed by atoms with Gasteiger partial charge in [-0.05, 0) is 83.3 Å². The third-order valence-electron chi connectivity index (χ3n) is 10.5. The Labute approximate surface area is 347 Å². The van der Waals surface area contributed by atoms with Crippen LogP contribution >= 0.6 is 0 Å². The van der Waals surface area contributed by atoms with Crippen molar-refractivity contribution in [3.8, 4) is 11.1 Å². The number of carbonyl (C=O) groups excluding carboxylic acids is 5. The Morgan fingerprint density at radius 1 is 0.583 bits per heavy atom. The van der Waals surface area contributed by atoms with Gasteiger partial charge in [0.25, 0.3) is 0 Å². The average molecular weight is 811 g/mol. The molecule has 5 aromatic rings. The molecule has 2 aliphatic rings. The lowest BCUT2D eigenvalue weighted by atomic mass is 9.90. The molecule has 2 bridgehead atoms. The van der Waals surface area contributed by atoms with Crippen molar-refractivity contribution in [1.29, 1.82) is 0 Å². The molecule has 0 aliphatic carbocycles. The minimum absolute atomic E-state index is 0.0101. The molecule has 60 heavy (non-hydrogen) atoms. The van der Waals surface area contributed by atoms with E-state index in [9.17, 15) is 38.3 Å². The maximum atomic E-state index is 14.5. The van der Waals surface area contributed by atoms with E-state index in [0.29, 0.717) is 28.8 Å². The third kappa shape index (κ3) is 12.5. The van der Waals surface area contributed by atoms with E-state index >= 15 is 0 Å². The molecular weight excluding hydrogens is 764 g/mol. The molecule has 7 rings (SSSR count). The van der Waals surface area contributed by atoms with E-state index in [-0.39, 0.29) is 44.3 Å². The number of fused-ring (bicyclic) bond motifs is 18. The van der Waals surface area contributed by atoms with Gasteiger partial charge in [-0.1, -0.05) is 109 Å². The van der Waals surface area contributed by atoms with Crippen LogP contribution in [0.3, 0.4) is 0 Å². The number of aryl methyl sites for hydroxylation is 1. The largest absolute Gasteiger partial charge is 0.481 e. The van der Waals surface area contributed by atoms with Crippen LogP contribution in [0.15, 0.2) is 133 Å². The number of benzene rings is 5. The Morgan fingerprint density at radius 3 is 1.85 bits per heavy atom. The average Bonchev–Trinajstić information content (AvgIpc) is 3.25. The first-order valence-corrected chi connectivity index (χ1v) is 20.0. The summed E-state index contributed by atoms with van der Waals surface area (Å²) in [6.07, 6.45) is -0.165. The van der Waals surface area contributed by atoms with Crippen molar-refractivity contribution in [3.63, 3.8) is 0 Å². The van der Waals surface area contributed by atoms with E-state index in [2.05, 4.69) is 21.3 Å². The second-order valence-corrected chi connectivity index (χ2v) is 15.0. The summed E-state index contributed by atoms with van der Waals surface area (Å²) in [5, 5.41) is 21.4. The molecule has 0 saturated carbocycles. The van der Waals surface area contributed by atoms with Crippen LogP contribution in [-0.2, 0) is 54.5 Å². The Morgan fingerprint density at radius 2 is 1.18 bits per heavy atom. The lowest BCUT2D eigenvalue weighted by Crippen LogP contribution is -2.57. The van der Waals surface area contributed by atoms with Gasteiger partial charge in [-0.25, -0.2) is 4.39 Å². The number of Topliss-reactive ketones (excluding diaryl/α,β-unsaturated/α-hetero) is 1. The van der Waals surface area contributed by atoms with Crippen molar-refractivity contribution < 1.29 is 38.3 Å². The number of carboxylic acid groups (broad SMARTS) is 1. The van der Waals surface area contributed by atoms with E-state index < -0.39 is 65.8 Å². The topological polar surface area (TPSA) is 171 Å². The minimum atomic E-state index is -1.26. The second-order valence-electron chi connectivity index (χ2n) is 15.0. The van der Waals surface area contributed by atoms with Crippen LogP contribution in [-0.4, -0.2) is 58.6 Å². The first-order chi connectivity index (χ1) is 29.0. The van der Waals surface area contributed by atoms with Gasteiger partial charge in [-0.3, -0.25) is 28.8 Å². The van der Waals surface area contributed by atoms with Crippen molar-refractivity contribution in [3.05, 3.63) is 162 Å². The summed E-state index contributed by atoms with van der Waals surface area (Å²) in [5.41, 5.74) is 4.73. The highest BCUT2D eigenvalue weighted by Crippen LogP contribution is 2.22. The molecule has 11 nitrogen and oxygen atoms in total. The maximum Gasteiger partial charge on any atom is 0.307 e. The zero-order valence-electron chi connectivity index (χ0n) is 32.9. The summed E-state index contributed by atoms with van der Waals surface area (Å²) < 4.78 is 14.0. The number of carboxylic acids is 1. The Kier molecular flexibility index (Phi) is 14.7. The Bertz CT molecular complexity index is 2290. The van der Waals surface area contributed by atoms with Gasteiger partial charge < -0.3 is 26.4 Å². The van der Waals surface area contributed by atoms with Gasteiger partial charge in [0.2, 0.25) is 23.6 Å². The number of amides is 4. The van der Waals surface area contributed by atoms with Gasteiger partial charge in [0.05, 0.1) is 12.0 Å². The van der Waals surface area contributed by atoms with Gasteiger partial charge in [-0.15, -0.1) is 0 Å². The summed E-state index contributed by atoms with van der Waals surface area (Å²) in [4.78, 5) is 81.5. The molecule has 0 aromatic heterocycles. The van der Waals surface area contributed by atoms with Crippen LogP contribution < -0.4 is 21.3 Å². The molecule has 4 atom stereocenters. The SMILES string of the molecule is O=C1CCC(=O)N[C@H](CCc2ccccc2)C(=O)N[C@@H](Cc2ccc(-c3cccc(F)c3)cc2)C(=O)N[C@H](Cc2ccccc2)C(=O)C[C@H](C(=O)O)Cc2ccc(cc2)N1. The number of nitrogens with one attached hydrogen (secondary N) is 4. The van der Waals surface area contributed by atoms with Crippen LogP contribution in [0, 0.1) is 11.7 Å². The monoisotopic (exact) mass is 810 g/mol. The smallest absolute Gasteiger partial charge is 0.307 e. The third-order valence-corrected chi connectivity index (χ3v) is 10.5. The van der Waals surface area contributed by atoms with Crippen LogP contribution in [0.25, 0.3) is 11.1 Å². The van der Waals surface area contributed by atoms with E-state index in [1.54, 1.807) is 84.9 Å². The maximum absolute atomic E-state index is 14.5. The highest BCUT2D eigenvalue weighted by molar-refractivity contribution is 5.97. The molecule has 0 saturated heterocycles. The van der Waals surface area contributed by atoms with Crippen LogP contribution in [0.1, 0.15) is 47.9 Å². The Hall–Kier alpha value is -6.95. The zero-order valence-corrected chi connectivity index (χ0v) is 32.9. The van der Waals surface area contributed by atoms with Gasteiger partial charge in [-0.2, -0.15) is 0 Å². The van der Waals surface area contributed by atoms with E-state index in [1.807, 2.05) is 36.4 Å². The van der Waals surface area contributed by atoms with Crippen molar-refractivity contribution in [2.75, 3.05) is 5.32 Å². The zero-order chi connectivity index (χ0) is 42.4. The molecule has 5 N–H and O–H groups in total. The Balaban J connectivity index is 1.34. The summed E-state index contributed by atoms with van der Waals surface area (Å²) in [6, 6.07) is 34.6. The summed E-state index contributed by atoms with van der Waals surface area (Å²) in [6.45, 7) is 0. The highest BCUT2D eigenvalue weighted by atomic mass is 19.1. The van der Waals surface area contributed by atoms with Crippen LogP contribution in [0.4, 0.5) is 10.1 Å². The van der Waals surface area contributed by atoms with Gasteiger partial charge in [0, 0.05) is 31.4 Å². The number of ketones is 1. The molecule has 2 aliphatic heterocycles. The quantitative estimate of drug-likeness (QED) is 0.114. The number of aliphatic carboxylic acids is 1. The van der Waals surface area contributed by atoms with Crippen molar-refractivity contribution >= 4 is 41.1 Å². The molecule has 12 heteroatoms. The highest BCUT2D eigenvalue weighted by Gasteiger charge is 2.32. The van der Waals surface area contributed by atoms with E-state index in [0.717, 1.165) is 16.7 Å². The second kappa shape index (κ2) is 20.6. The fourth-order valence-corrected chi connectivity index (χ4v) is 7.17. The van der Waals surface area contributed by atoms with Crippen molar-refractivity contribution in [1.82, 2.24) is 16.0 Å². The van der Waals surface area contributed by atoms with Gasteiger partial charge >= 0.3 is 5.97 Å². The van der Waals surface area contributed by atoms with Crippen LogP contribution in [0.2, 0.25) is 0 Å². The molecule has 0 fully saturated rings. The molecule has 0 unspecified atom stereocenters.